The minimum atomic E-state index is -3.63. The van der Waals surface area contributed by atoms with Crippen LogP contribution in [-0.4, -0.2) is 56.0 Å². The Labute approximate surface area is 163 Å². The average Bonchev–Trinajstić information content (AvgIpc) is 3.32. The van der Waals surface area contributed by atoms with Crippen molar-refractivity contribution in [3.63, 3.8) is 0 Å². The molecule has 0 unspecified atom stereocenters. The number of anilines is 1. The number of benzene rings is 1. The summed E-state index contributed by atoms with van der Waals surface area (Å²) in [4.78, 5) is 38.8. The highest BCUT2D eigenvalue weighted by molar-refractivity contribution is 7.89. The number of carbonyl (C=O) groups is 3. The van der Waals surface area contributed by atoms with Crippen LogP contribution in [0.5, 0.6) is 0 Å². The molecule has 4 rings (SSSR count). The summed E-state index contributed by atoms with van der Waals surface area (Å²) in [7, 11) is -0.793. The highest BCUT2D eigenvalue weighted by Crippen LogP contribution is 2.52. The summed E-state index contributed by atoms with van der Waals surface area (Å²) in [5, 5.41) is 2.58. The van der Waals surface area contributed by atoms with E-state index in [9.17, 15) is 22.8 Å². The van der Waals surface area contributed by atoms with Crippen LogP contribution in [0.4, 0.5) is 5.69 Å². The smallest absolute Gasteiger partial charge is 0.244 e. The van der Waals surface area contributed by atoms with E-state index in [-0.39, 0.29) is 52.6 Å². The highest BCUT2D eigenvalue weighted by Gasteiger charge is 2.59. The second-order valence-electron chi connectivity index (χ2n) is 7.63. The van der Waals surface area contributed by atoms with Crippen molar-refractivity contribution in [2.45, 2.75) is 11.3 Å². The molecule has 148 valence electrons. The number of likely N-dealkylation sites (tertiary alicyclic amines) is 1. The number of hydrogen-bond acceptors (Lipinski definition) is 5. The lowest BCUT2D eigenvalue weighted by molar-refractivity contribution is -0.143. The Kier molecular flexibility index (Phi) is 4.39. The van der Waals surface area contributed by atoms with Gasteiger partial charge in [-0.15, -0.1) is 0 Å². The lowest BCUT2D eigenvalue weighted by atomic mass is 9.85. The van der Waals surface area contributed by atoms with Gasteiger partial charge in [0.25, 0.3) is 0 Å². The van der Waals surface area contributed by atoms with E-state index >= 15 is 0 Å². The van der Waals surface area contributed by atoms with Crippen LogP contribution in [0.25, 0.3) is 0 Å². The fraction of sp³-hybridized carbons (Fsp3) is 0.421. The number of sulfonamides is 1. The monoisotopic (exact) mass is 403 g/mol. The van der Waals surface area contributed by atoms with Crippen LogP contribution in [-0.2, 0) is 24.4 Å². The van der Waals surface area contributed by atoms with Crippen LogP contribution < -0.4 is 5.32 Å². The molecule has 1 saturated carbocycles. The predicted octanol–water partition coefficient (Wildman–Crippen LogP) is 0.682. The first-order chi connectivity index (χ1) is 13.2. The van der Waals surface area contributed by atoms with Crippen LogP contribution >= 0.6 is 0 Å². The van der Waals surface area contributed by atoms with E-state index < -0.39 is 15.9 Å². The van der Waals surface area contributed by atoms with Crippen molar-refractivity contribution < 1.29 is 22.8 Å². The number of imide groups is 1. The molecule has 1 aromatic carbocycles. The second-order valence-corrected chi connectivity index (χ2v) is 9.78. The number of rotatable bonds is 5. The number of amides is 3. The standard InChI is InChI=1S/C19H21N3O5S/c1-21(2)28(26,27)14-5-3-4-13(9-14)20-15(23)10-22-18(24)16-11-6-7-12(8-11)17(16)19(22)25/h3-7,9,11-12,16-17H,8,10H2,1-2H3,(H,20,23)/t11-,12-,16-,17-/m0/s1. The summed E-state index contributed by atoms with van der Waals surface area (Å²) in [5.74, 6) is -1.62. The van der Waals surface area contributed by atoms with Gasteiger partial charge in [-0.3, -0.25) is 19.3 Å². The summed E-state index contributed by atoms with van der Waals surface area (Å²) in [5.41, 5.74) is 0.286. The van der Waals surface area contributed by atoms with Crippen molar-refractivity contribution in [3.05, 3.63) is 36.4 Å². The molecule has 4 atom stereocenters. The summed E-state index contributed by atoms with van der Waals surface area (Å²) in [6.45, 7) is -0.366. The lowest BCUT2D eigenvalue weighted by Gasteiger charge is -2.17. The van der Waals surface area contributed by atoms with Gasteiger partial charge in [-0.05, 0) is 36.5 Å². The highest BCUT2D eigenvalue weighted by atomic mass is 32.2. The summed E-state index contributed by atoms with van der Waals surface area (Å²) >= 11 is 0. The zero-order valence-corrected chi connectivity index (χ0v) is 16.3. The van der Waals surface area contributed by atoms with Gasteiger partial charge in [0.05, 0.1) is 16.7 Å². The number of nitrogens with one attached hydrogen (secondary N) is 1. The fourth-order valence-electron chi connectivity index (χ4n) is 4.41. The Bertz CT molecular complexity index is 971. The molecule has 3 amide bonds. The zero-order chi connectivity index (χ0) is 20.2. The van der Waals surface area contributed by atoms with Gasteiger partial charge in [0.15, 0.2) is 0 Å². The zero-order valence-electron chi connectivity index (χ0n) is 15.5. The van der Waals surface area contributed by atoms with Crippen LogP contribution in [0, 0.1) is 23.7 Å². The maximum atomic E-state index is 12.6. The van der Waals surface area contributed by atoms with E-state index in [0.29, 0.717) is 0 Å². The van der Waals surface area contributed by atoms with E-state index in [1.165, 1.54) is 32.3 Å². The summed E-state index contributed by atoms with van der Waals surface area (Å²) < 4.78 is 25.5. The summed E-state index contributed by atoms with van der Waals surface area (Å²) in [6.07, 6.45) is 4.83. The van der Waals surface area contributed by atoms with Gasteiger partial charge in [0.2, 0.25) is 27.7 Å². The molecule has 8 nitrogen and oxygen atoms in total. The molecule has 2 bridgehead atoms. The molecule has 1 saturated heterocycles. The van der Waals surface area contributed by atoms with Crippen LogP contribution in [0.3, 0.4) is 0 Å². The molecular formula is C19H21N3O5S. The number of allylic oxidation sites excluding steroid dienone is 2. The van der Waals surface area contributed by atoms with E-state index in [0.717, 1.165) is 15.6 Å². The van der Waals surface area contributed by atoms with E-state index in [4.69, 9.17) is 0 Å². The maximum Gasteiger partial charge on any atom is 0.244 e. The third kappa shape index (κ3) is 2.85. The van der Waals surface area contributed by atoms with E-state index in [1.807, 2.05) is 12.2 Å². The van der Waals surface area contributed by atoms with Crippen LogP contribution in [0.2, 0.25) is 0 Å². The molecular weight excluding hydrogens is 382 g/mol. The molecule has 0 radical (unpaired) electrons. The summed E-state index contributed by atoms with van der Waals surface area (Å²) in [6, 6.07) is 5.85. The Hall–Kier alpha value is -2.52. The van der Waals surface area contributed by atoms with Gasteiger partial charge < -0.3 is 5.32 Å². The van der Waals surface area contributed by atoms with Crippen molar-refractivity contribution >= 4 is 33.4 Å². The van der Waals surface area contributed by atoms with Crippen molar-refractivity contribution in [1.82, 2.24) is 9.21 Å². The topological polar surface area (TPSA) is 104 Å². The molecule has 1 heterocycles. The van der Waals surface area contributed by atoms with Crippen LogP contribution in [0.1, 0.15) is 6.42 Å². The van der Waals surface area contributed by atoms with Crippen molar-refractivity contribution in [2.24, 2.45) is 23.7 Å². The minimum absolute atomic E-state index is 0.0424. The Morgan fingerprint density at radius 1 is 1.14 bits per heavy atom. The molecule has 28 heavy (non-hydrogen) atoms. The number of fused-ring (bicyclic) bond motifs is 5. The Morgan fingerprint density at radius 2 is 1.75 bits per heavy atom. The quantitative estimate of drug-likeness (QED) is 0.575. The van der Waals surface area contributed by atoms with Gasteiger partial charge in [-0.1, -0.05) is 18.2 Å². The molecule has 1 N–H and O–H groups in total. The van der Waals surface area contributed by atoms with Crippen LogP contribution in [0.15, 0.2) is 41.3 Å². The van der Waals surface area contributed by atoms with E-state index in [1.54, 1.807) is 6.07 Å². The van der Waals surface area contributed by atoms with Gasteiger partial charge in [-0.2, -0.15) is 0 Å². The van der Waals surface area contributed by atoms with Gasteiger partial charge >= 0.3 is 0 Å². The average molecular weight is 403 g/mol. The first-order valence-electron chi connectivity index (χ1n) is 9.06. The van der Waals surface area contributed by atoms with Gasteiger partial charge in [0.1, 0.15) is 6.54 Å². The Morgan fingerprint density at radius 3 is 2.32 bits per heavy atom. The van der Waals surface area contributed by atoms with Crippen molar-refractivity contribution in [3.8, 4) is 0 Å². The molecule has 9 heteroatoms. The lowest BCUT2D eigenvalue weighted by Crippen LogP contribution is -2.39. The first kappa shape index (κ1) is 18.8. The SMILES string of the molecule is CN(C)S(=O)(=O)c1cccc(NC(=O)CN2C(=O)[C@@H]3[C@@H](C2=O)[C@H]2C=C[C@H]3C2)c1. The third-order valence-corrected chi connectivity index (χ3v) is 7.57. The van der Waals surface area contributed by atoms with Crippen molar-refractivity contribution in [1.29, 1.82) is 0 Å². The normalized spacial score (nSPS) is 28.3. The first-order valence-corrected chi connectivity index (χ1v) is 10.5. The Balaban J connectivity index is 1.46. The fourth-order valence-corrected chi connectivity index (χ4v) is 5.36. The second kappa shape index (κ2) is 6.52. The third-order valence-electron chi connectivity index (χ3n) is 5.76. The number of carbonyl (C=O) groups excluding carboxylic acids is 3. The molecule has 2 aliphatic carbocycles. The molecule has 1 aliphatic heterocycles. The molecule has 3 aliphatic rings. The van der Waals surface area contributed by atoms with Gasteiger partial charge in [-0.25, -0.2) is 12.7 Å². The largest absolute Gasteiger partial charge is 0.324 e. The molecule has 1 aromatic rings. The predicted molar refractivity (Wildman–Crippen MR) is 100 cm³/mol. The van der Waals surface area contributed by atoms with E-state index in [2.05, 4.69) is 5.32 Å². The van der Waals surface area contributed by atoms with Gasteiger partial charge in [0, 0.05) is 19.8 Å². The molecule has 2 fully saturated rings. The maximum absolute atomic E-state index is 12.6. The molecule has 0 spiro atoms. The number of hydrogen-bond donors (Lipinski definition) is 1. The minimum Gasteiger partial charge on any atom is -0.324 e. The number of nitrogens with zero attached hydrogens (tertiary/aromatic N) is 2. The van der Waals surface area contributed by atoms with Crippen molar-refractivity contribution in [2.75, 3.05) is 26.0 Å². The molecule has 0 aromatic heterocycles.